The van der Waals surface area contributed by atoms with Gasteiger partial charge in [0.05, 0.1) is 12.2 Å². The molecule has 2 N–H and O–H groups in total. The first-order chi connectivity index (χ1) is 9.20. The van der Waals surface area contributed by atoms with Gasteiger partial charge in [0, 0.05) is 12.5 Å². The van der Waals surface area contributed by atoms with Crippen LogP contribution in [-0.4, -0.2) is 24.8 Å². The van der Waals surface area contributed by atoms with E-state index >= 15 is 0 Å². The SMILES string of the molecule is CCCOc1ccc(C2(O)CCNCC2CC)cc1. The minimum atomic E-state index is -0.691. The summed E-state index contributed by atoms with van der Waals surface area (Å²) in [6.45, 7) is 6.74. The summed E-state index contributed by atoms with van der Waals surface area (Å²) in [6.07, 6.45) is 2.77. The molecular formula is C16H25NO2. The molecule has 2 unspecified atom stereocenters. The van der Waals surface area contributed by atoms with Crippen molar-refractivity contribution in [1.82, 2.24) is 5.32 Å². The van der Waals surface area contributed by atoms with Gasteiger partial charge >= 0.3 is 0 Å². The summed E-state index contributed by atoms with van der Waals surface area (Å²) in [7, 11) is 0. The fraction of sp³-hybridized carbons (Fsp3) is 0.625. The van der Waals surface area contributed by atoms with E-state index in [1.165, 1.54) is 0 Å². The monoisotopic (exact) mass is 263 g/mol. The van der Waals surface area contributed by atoms with E-state index in [0.29, 0.717) is 0 Å². The van der Waals surface area contributed by atoms with Crippen LogP contribution in [0.1, 0.15) is 38.7 Å². The van der Waals surface area contributed by atoms with Crippen molar-refractivity contribution in [3.63, 3.8) is 0 Å². The average molecular weight is 263 g/mol. The number of ether oxygens (including phenoxy) is 1. The summed E-state index contributed by atoms with van der Waals surface area (Å²) < 4.78 is 5.59. The standard InChI is InChI=1S/C16H25NO2/c1-3-11-19-15-7-5-14(6-8-15)16(18)9-10-17-12-13(16)4-2/h5-8,13,17-18H,3-4,9-12H2,1-2H3. The number of hydrogen-bond acceptors (Lipinski definition) is 3. The van der Waals surface area contributed by atoms with Gasteiger partial charge in [-0.25, -0.2) is 0 Å². The van der Waals surface area contributed by atoms with Crippen LogP contribution in [0, 0.1) is 5.92 Å². The zero-order chi connectivity index (χ0) is 13.7. The van der Waals surface area contributed by atoms with Gasteiger partial charge in [-0.05, 0) is 43.5 Å². The van der Waals surface area contributed by atoms with Crippen LogP contribution in [0.15, 0.2) is 24.3 Å². The lowest BCUT2D eigenvalue weighted by Crippen LogP contribution is -2.47. The van der Waals surface area contributed by atoms with Crippen LogP contribution in [0.5, 0.6) is 5.75 Å². The second-order valence-corrected chi connectivity index (χ2v) is 5.36. The van der Waals surface area contributed by atoms with Gasteiger partial charge in [0.15, 0.2) is 0 Å². The van der Waals surface area contributed by atoms with E-state index < -0.39 is 5.60 Å². The zero-order valence-corrected chi connectivity index (χ0v) is 12.0. The topological polar surface area (TPSA) is 41.5 Å². The Labute approximate surface area is 116 Å². The van der Waals surface area contributed by atoms with Crippen molar-refractivity contribution < 1.29 is 9.84 Å². The molecule has 0 amide bonds. The summed E-state index contributed by atoms with van der Waals surface area (Å²) in [5, 5.41) is 14.4. The van der Waals surface area contributed by atoms with Crippen molar-refractivity contribution in [3.05, 3.63) is 29.8 Å². The molecule has 0 saturated carbocycles. The molecule has 106 valence electrons. The van der Waals surface area contributed by atoms with Crippen molar-refractivity contribution in [1.29, 1.82) is 0 Å². The Kier molecular flexibility index (Phi) is 4.83. The van der Waals surface area contributed by atoms with Crippen molar-refractivity contribution >= 4 is 0 Å². The molecule has 0 bridgehead atoms. The Balaban J connectivity index is 2.15. The molecule has 1 heterocycles. The van der Waals surface area contributed by atoms with Gasteiger partial charge in [0.1, 0.15) is 5.75 Å². The highest BCUT2D eigenvalue weighted by atomic mass is 16.5. The zero-order valence-electron chi connectivity index (χ0n) is 12.0. The number of benzene rings is 1. The van der Waals surface area contributed by atoms with Gasteiger partial charge in [-0.3, -0.25) is 0 Å². The molecule has 3 nitrogen and oxygen atoms in total. The van der Waals surface area contributed by atoms with E-state index in [2.05, 4.69) is 19.2 Å². The molecule has 19 heavy (non-hydrogen) atoms. The molecule has 0 aromatic heterocycles. The maximum Gasteiger partial charge on any atom is 0.119 e. The highest BCUT2D eigenvalue weighted by Crippen LogP contribution is 2.37. The summed E-state index contributed by atoms with van der Waals surface area (Å²) in [4.78, 5) is 0. The van der Waals surface area contributed by atoms with Crippen LogP contribution in [-0.2, 0) is 5.60 Å². The average Bonchev–Trinajstić information content (AvgIpc) is 2.46. The molecule has 1 aromatic rings. The first-order valence-corrected chi connectivity index (χ1v) is 7.37. The third kappa shape index (κ3) is 3.10. The van der Waals surface area contributed by atoms with E-state index in [1.54, 1.807) is 0 Å². The highest BCUT2D eigenvalue weighted by molar-refractivity contribution is 5.32. The van der Waals surface area contributed by atoms with Crippen molar-refractivity contribution in [2.45, 2.75) is 38.7 Å². The minimum absolute atomic E-state index is 0.281. The molecule has 1 fully saturated rings. The predicted molar refractivity (Wildman–Crippen MR) is 77.4 cm³/mol. The van der Waals surface area contributed by atoms with Crippen LogP contribution >= 0.6 is 0 Å². The normalized spacial score (nSPS) is 27.2. The fourth-order valence-electron chi connectivity index (χ4n) is 2.85. The molecule has 1 aromatic carbocycles. The van der Waals surface area contributed by atoms with Gasteiger partial charge in [0.2, 0.25) is 0 Å². The van der Waals surface area contributed by atoms with Gasteiger partial charge in [-0.15, -0.1) is 0 Å². The Morgan fingerprint density at radius 3 is 2.68 bits per heavy atom. The largest absolute Gasteiger partial charge is 0.494 e. The quantitative estimate of drug-likeness (QED) is 0.858. The molecular weight excluding hydrogens is 238 g/mol. The van der Waals surface area contributed by atoms with Gasteiger partial charge < -0.3 is 15.2 Å². The number of rotatable bonds is 5. The number of hydrogen-bond donors (Lipinski definition) is 2. The highest BCUT2D eigenvalue weighted by Gasteiger charge is 2.39. The Hall–Kier alpha value is -1.06. The third-order valence-electron chi connectivity index (χ3n) is 4.07. The summed E-state index contributed by atoms with van der Waals surface area (Å²) in [5.74, 6) is 1.17. The molecule has 0 radical (unpaired) electrons. The van der Waals surface area contributed by atoms with Crippen molar-refractivity contribution in [2.75, 3.05) is 19.7 Å². The van der Waals surface area contributed by atoms with Gasteiger partial charge in [-0.1, -0.05) is 26.0 Å². The molecule has 2 atom stereocenters. The predicted octanol–water partition coefficient (Wildman–Crippen LogP) is 2.68. The van der Waals surface area contributed by atoms with Crippen LogP contribution in [0.4, 0.5) is 0 Å². The maximum absolute atomic E-state index is 11.0. The minimum Gasteiger partial charge on any atom is -0.494 e. The molecule has 0 spiro atoms. The number of aliphatic hydroxyl groups is 1. The summed E-state index contributed by atoms with van der Waals surface area (Å²) in [6, 6.07) is 7.97. The fourth-order valence-corrected chi connectivity index (χ4v) is 2.85. The van der Waals surface area contributed by atoms with E-state index in [1.807, 2.05) is 24.3 Å². The molecule has 2 rings (SSSR count). The van der Waals surface area contributed by atoms with Crippen LogP contribution in [0.3, 0.4) is 0 Å². The van der Waals surface area contributed by atoms with Crippen LogP contribution in [0.2, 0.25) is 0 Å². The van der Waals surface area contributed by atoms with Crippen LogP contribution in [0.25, 0.3) is 0 Å². The molecule has 3 heteroatoms. The van der Waals surface area contributed by atoms with Crippen molar-refractivity contribution in [2.24, 2.45) is 5.92 Å². The number of piperidine rings is 1. The van der Waals surface area contributed by atoms with E-state index in [4.69, 9.17) is 4.74 Å². The number of nitrogens with one attached hydrogen (secondary N) is 1. The second-order valence-electron chi connectivity index (χ2n) is 5.36. The molecule has 1 aliphatic rings. The van der Waals surface area contributed by atoms with E-state index in [-0.39, 0.29) is 5.92 Å². The maximum atomic E-state index is 11.0. The molecule has 1 saturated heterocycles. The first kappa shape index (κ1) is 14.4. The lowest BCUT2D eigenvalue weighted by atomic mass is 9.75. The lowest BCUT2D eigenvalue weighted by molar-refractivity contribution is -0.0478. The van der Waals surface area contributed by atoms with Crippen molar-refractivity contribution in [3.8, 4) is 5.75 Å². The Morgan fingerprint density at radius 1 is 1.32 bits per heavy atom. The van der Waals surface area contributed by atoms with Crippen LogP contribution < -0.4 is 10.1 Å². The lowest BCUT2D eigenvalue weighted by Gasteiger charge is -2.40. The summed E-state index contributed by atoms with van der Waals surface area (Å²) >= 11 is 0. The van der Waals surface area contributed by atoms with Gasteiger partial charge in [0.25, 0.3) is 0 Å². The molecule has 0 aliphatic carbocycles. The second kappa shape index (κ2) is 6.40. The smallest absolute Gasteiger partial charge is 0.119 e. The Bertz CT molecular complexity index is 390. The summed E-state index contributed by atoms with van der Waals surface area (Å²) in [5.41, 5.74) is 0.327. The first-order valence-electron chi connectivity index (χ1n) is 7.37. The Morgan fingerprint density at radius 2 is 2.05 bits per heavy atom. The van der Waals surface area contributed by atoms with Gasteiger partial charge in [-0.2, -0.15) is 0 Å². The third-order valence-corrected chi connectivity index (χ3v) is 4.07. The molecule has 1 aliphatic heterocycles. The van der Waals surface area contributed by atoms with E-state index in [0.717, 1.165) is 50.3 Å². The van der Waals surface area contributed by atoms with E-state index in [9.17, 15) is 5.11 Å².